The molecule has 4 nitrogen and oxygen atoms in total. The van der Waals surface area contributed by atoms with E-state index < -0.39 is 7.60 Å². The summed E-state index contributed by atoms with van der Waals surface area (Å²) in [5.41, 5.74) is -0.207. The first kappa shape index (κ1) is 13.8. The van der Waals surface area contributed by atoms with Crippen molar-refractivity contribution in [2.24, 2.45) is 23.2 Å². The molecule has 0 aromatic rings. The quantitative estimate of drug-likeness (QED) is 0.728. The van der Waals surface area contributed by atoms with Gasteiger partial charge in [0.25, 0.3) is 0 Å². The monoisotopic (exact) mass is 286 g/mol. The predicted molar refractivity (Wildman–Crippen MR) is 72.1 cm³/mol. The molecule has 0 N–H and O–H groups in total. The zero-order valence-corrected chi connectivity index (χ0v) is 12.7. The molecule has 4 aliphatic carbocycles. The van der Waals surface area contributed by atoms with Crippen LogP contribution in [-0.4, -0.2) is 26.2 Å². The second kappa shape index (κ2) is 4.68. The summed E-state index contributed by atoms with van der Waals surface area (Å²) < 4.78 is 22.1. The van der Waals surface area contributed by atoms with Crippen molar-refractivity contribution in [3.05, 3.63) is 0 Å². The molecule has 0 spiro atoms. The van der Waals surface area contributed by atoms with E-state index in [0.29, 0.717) is 0 Å². The summed E-state index contributed by atoms with van der Waals surface area (Å²) in [4.78, 5) is 12.7. The van der Waals surface area contributed by atoms with Crippen molar-refractivity contribution >= 4 is 13.4 Å². The number of Topliss-reactive ketones (excluding diaryl/α,β-unsaturated/α-hetero) is 1. The van der Waals surface area contributed by atoms with Crippen LogP contribution in [0.3, 0.4) is 0 Å². The van der Waals surface area contributed by atoms with Crippen molar-refractivity contribution < 1.29 is 18.4 Å². The maximum Gasteiger partial charge on any atom is 0.337 e. The summed E-state index contributed by atoms with van der Waals surface area (Å²) in [7, 11) is -0.493. The van der Waals surface area contributed by atoms with Gasteiger partial charge < -0.3 is 9.05 Å². The molecule has 0 aliphatic heterocycles. The highest BCUT2D eigenvalue weighted by Gasteiger charge is 2.55. The lowest BCUT2D eigenvalue weighted by Gasteiger charge is -2.56. The minimum absolute atomic E-state index is 0.0494. The van der Waals surface area contributed by atoms with E-state index in [9.17, 15) is 9.36 Å². The molecule has 5 heteroatoms. The highest BCUT2D eigenvalue weighted by molar-refractivity contribution is 7.54. The van der Waals surface area contributed by atoms with E-state index in [4.69, 9.17) is 9.05 Å². The van der Waals surface area contributed by atoms with Gasteiger partial charge in [-0.05, 0) is 56.3 Å². The van der Waals surface area contributed by atoms with Crippen LogP contribution in [0.15, 0.2) is 0 Å². The molecule has 4 rings (SSSR count). The Bertz CT molecular complexity index is 388. The summed E-state index contributed by atoms with van der Waals surface area (Å²) in [5.74, 6) is 2.29. The molecule has 0 heterocycles. The van der Waals surface area contributed by atoms with Crippen molar-refractivity contribution in [3.63, 3.8) is 0 Å². The number of hydrogen-bond donors (Lipinski definition) is 0. The Morgan fingerprint density at radius 3 is 1.84 bits per heavy atom. The van der Waals surface area contributed by atoms with Gasteiger partial charge in [-0.25, -0.2) is 0 Å². The zero-order chi connectivity index (χ0) is 13.7. The lowest BCUT2D eigenvalue weighted by Crippen LogP contribution is -2.50. The van der Waals surface area contributed by atoms with Gasteiger partial charge in [-0.2, -0.15) is 0 Å². The Morgan fingerprint density at radius 1 is 1.05 bits per heavy atom. The molecule has 4 saturated carbocycles. The second-order valence-corrected chi connectivity index (χ2v) is 9.02. The van der Waals surface area contributed by atoms with Crippen molar-refractivity contribution in [1.29, 1.82) is 0 Å². The second-order valence-electron chi connectivity index (χ2n) is 6.76. The normalized spacial score (nSPS) is 40.6. The lowest BCUT2D eigenvalue weighted by atomic mass is 9.48. The predicted octanol–water partition coefficient (Wildman–Crippen LogP) is 3.26. The minimum atomic E-state index is -3.21. The van der Waals surface area contributed by atoms with E-state index in [1.165, 1.54) is 33.5 Å². The van der Waals surface area contributed by atoms with Crippen LogP contribution < -0.4 is 0 Å². The van der Waals surface area contributed by atoms with Gasteiger partial charge in [-0.1, -0.05) is 0 Å². The summed E-state index contributed by atoms with van der Waals surface area (Å²) in [6.07, 6.45) is 6.88. The van der Waals surface area contributed by atoms with Crippen LogP contribution >= 0.6 is 7.60 Å². The number of carbonyl (C=O) groups excluding carboxylic acids is 1. The van der Waals surface area contributed by atoms with Crippen molar-refractivity contribution in [2.45, 2.75) is 38.5 Å². The van der Waals surface area contributed by atoms with Gasteiger partial charge in [0.05, 0.1) is 0 Å². The fourth-order valence-corrected chi connectivity index (χ4v) is 6.09. The summed E-state index contributed by atoms with van der Waals surface area (Å²) in [5, 5.41) is 0. The van der Waals surface area contributed by atoms with E-state index in [1.54, 1.807) is 0 Å². The molecule has 4 aliphatic rings. The van der Waals surface area contributed by atoms with Crippen LogP contribution in [0.25, 0.3) is 0 Å². The molecule has 0 saturated heterocycles. The lowest BCUT2D eigenvalue weighted by molar-refractivity contribution is -0.141. The molecular formula is C14H23O4P. The minimum Gasteiger partial charge on any atom is -0.312 e. The maximum atomic E-state index is 12.7. The number of hydrogen-bond acceptors (Lipinski definition) is 4. The molecule has 0 aromatic carbocycles. The van der Waals surface area contributed by atoms with Gasteiger partial charge in [-0.15, -0.1) is 0 Å². The molecule has 0 unspecified atom stereocenters. The summed E-state index contributed by atoms with van der Waals surface area (Å²) in [6.45, 7) is 0. The Labute approximate surface area is 114 Å². The molecule has 0 amide bonds. The summed E-state index contributed by atoms with van der Waals surface area (Å²) in [6, 6.07) is 0. The highest BCUT2D eigenvalue weighted by atomic mass is 31.2. The van der Waals surface area contributed by atoms with E-state index in [2.05, 4.69) is 0 Å². The third kappa shape index (κ3) is 2.32. The topological polar surface area (TPSA) is 52.6 Å². The standard InChI is InChI=1S/C14H23O4P/c1-17-19(16,18-2)9-13(15)14-6-10-3-11(7-14)5-12(4-10)8-14/h10-12H,3-9H2,1-2H3. The molecule has 0 atom stereocenters. The zero-order valence-electron chi connectivity index (χ0n) is 11.8. The van der Waals surface area contributed by atoms with E-state index in [1.807, 2.05) is 0 Å². The largest absolute Gasteiger partial charge is 0.337 e. The average molecular weight is 286 g/mol. The van der Waals surface area contributed by atoms with Crippen molar-refractivity contribution in [1.82, 2.24) is 0 Å². The SMILES string of the molecule is COP(=O)(CC(=O)C12CC3CC(CC(C3)C1)C2)OC. The van der Waals surface area contributed by atoms with Crippen LogP contribution in [0.4, 0.5) is 0 Å². The number of carbonyl (C=O) groups is 1. The van der Waals surface area contributed by atoms with E-state index in [0.717, 1.165) is 37.0 Å². The van der Waals surface area contributed by atoms with E-state index >= 15 is 0 Å². The third-order valence-corrected chi connectivity index (χ3v) is 7.31. The Morgan fingerprint density at radius 2 is 1.47 bits per heavy atom. The van der Waals surface area contributed by atoms with Gasteiger partial charge in [0, 0.05) is 19.6 Å². The van der Waals surface area contributed by atoms with E-state index in [-0.39, 0.29) is 17.4 Å². The molecule has 0 radical (unpaired) electrons. The van der Waals surface area contributed by atoms with Gasteiger partial charge in [-0.3, -0.25) is 9.36 Å². The van der Waals surface area contributed by atoms with Gasteiger partial charge in [0.1, 0.15) is 6.16 Å². The molecule has 108 valence electrons. The first-order valence-electron chi connectivity index (χ1n) is 7.22. The van der Waals surface area contributed by atoms with Gasteiger partial charge in [0.15, 0.2) is 5.78 Å². The van der Waals surface area contributed by atoms with Crippen LogP contribution in [-0.2, 0) is 18.4 Å². The van der Waals surface area contributed by atoms with Gasteiger partial charge in [0.2, 0.25) is 0 Å². The Kier molecular flexibility index (Phi) is 3.40. The molecule has 19 heavy (non-hydrogen) atoms. The molecular weight excluding hydrogens is 263 g/mol. The fourth-order valence-electron chi connectivity index (χ4n) is 5.00. The first-order valence-corrected chi connectivity index (χ1v) is 8.95. The van der Waals surface area contributed by atoms with Crippen LogP contribution in [0.1, 0.15) is 38.5 Å². The van der Waals surface area contributed by atoms with Crippen LogP contribution in [0.2, 0.25) is 0 Å². The van der Waals surface area contributed by atoms with Crippen LogP contribution in [0.5, 0.6) is 0 Å². The van der Waals surface area contributed by atoms with Crippen LogP contribution in [0, 0.1) is 23.2 Å². The Balaban J connectivity index is 1.78. The van der Waals surface area contributed by atoms with Crippen molar-refractivity contribution in [2.75, 3.05) is 20.4 Å². The fraction of sp³-hybridized carbons (Fsp3) is 0.929. The highest BCUT2D eigenvalue weighted by Crippen LogP contribution is 2.61. The number of rotatable bonds is 5. The smallest absolute Gasteiger partial charge is 0.312 e. The van der Waals surface area contributed by atoms with Crippen molar-refractivity contribution in [3.8, 4) is 0 Å². The first-order chi connectivity index (χ1) is 8.98. The maximum absolute atomic E-state index is 12.7. The molecule has 0 aromatic heterocycles. The third-order valence-electron chi connectivity index (χ3n) is 5.52. The molecule has 4 bridgehead atoms. The average Bonchev–Trinajstić information content (AvgIpc) is 2.37. The number of ketones is 1. The van der Waals surface area contributed by atoms with Gasteiger partial charge >= 0.3 is 7.60 Å². The Hall–Kier alpha value is -0.180. The molecule has 4 fully saturated rings. The summed E-state index contributed by atoms with van der Waals surface area (Å²) >= 11 is 0.